The number of hydrogen-bond acceptors (Lipinski definition) is 3. The Morgan fingerprint density at radius 1 is 1.19 bits per heavy atom. The highest BCUT2D eigenvalue weighted by molar-refractivity contribution is 6.36. The fraction of sp³-hybridized carbons (Fsp3) is 0.105. The maximum atomic E-state index is 12.5. The molecule has 0 bridgehead atoms. The molecule has 0 aliphatic heterocycles. The number of benzene rings is 2. The van der Waals surface area contributed by atoms with Gasteiger partial charge < -0.3 is 0 Å². The molecule has 130 valence electrons. The number of carbonyl (C=O) groups excluding carboxylic acids is 1. The SMILES string of the molecule is O=C(N/N=C\c1ccc(Cl)cc1Cl)c1[nH]nc2c1CCc1ccccc1-2. The molecule has 1 aliphatic rings. The van der Waals surface area contributed by atoms with Crippen molar-refractivity contribution in [2.75, 3.05) is 0 Å². The van der Waals surface area contributed by atoms with Crippen molar-refractivity contribution in [3.63, 3.8) is 0 Å². The molecule has 0 unspecified atom stereocenters. The molecule has 7 heteroatoms. The van der Waals surface area contributed by atoms with Gasteiger partial charge in [-0.05, 0) is 30.5 Å². The van der Waals surface area contributed by atoms with Gasteiger partial charge in [-0.2, -0.15) is 10.2 Å². The predicted molar refractivity (Wildman–Crippen MR) is 103 cm³/mol. The van der Waals surface area contributed by atoms with Crippen LogP contribution in [0.3, 0.4) is 0 Å². The Labute approximate surface area is 160 Å². The van der Waals surface area contributed by atoms with E-state index in [0.29, 0.717) is 21.3 Å². The summed E-state index contributed by atoms with van der Waals surface area (Å²) < 4.78 is 0. The van der Waals surface area contributed by atoms with E-state index >= 15 is 0 Å². The van der Waals surface area contributed by atoms with Gasteiger partial charge in [0.05, 0.1) is 16.9 Å². The summed E-state index contributed by atoms with van der Waals surface area (Å²) in [5, 5.41) is 12.2. The van der Waals surface area contributed by atoms with Gasteiger partial charge >= 0.3 is 0 Å². The first kappa shape index (κ1) is 16.8. The van der Waals surface area contributed by atoms with E-state index in [9.17, 15) is 4.79 Å². The number of rotatable bonds is 3. The zero-order valence-corrected chi connectivity index (χ0v) is 15.1. The van der Waals surface area contributed by atoms with Gasteiger partial charge in [-0.3, -0.25) is 9.89 Å². The quantitative estimate of drug-likeness (QED) is 0.523. The van der Waals surface area contributed by atoms with Gasteiger partial charge in [-0.1, -0.05) is 53.5 Å². The number of aryl methyl sites for hydroxylation is 1. The maximum Gasteiger partial charge on any atom is 0.289 e. The molecule has 2 N–H and O–H groups in total. The van der Waals surface area contributed by atoms with E-state index in [1.165, 1.54) is 11.8 Å². The van der Waals surface area contributed by atoms with Crippen LogP contribution in [-0.2, 0) is 12.8 Å². The Morgan fingerprint density at radius 2 is 2.04 bits per heavy atom. The van der Waals surface area contributed by atoms with Crippen molar-refractivity contribution in [1.29, 1.82) is 0 Å². The molecular formula is C19H14Cl2N4O. The van der Waals surface area contributed by atoms with E-state index in [2.05, 4.69) is 26.8 Å². The molecule has 0 radical (unpaired) electrons. The average Bonchev–Trinajstić information content (AvgIpc) is 3.08. The molecule has 0 spiro atoms. The number of carbonyl (C=O) groups is 1. The topological polar surface area (TPSA) is 70.1 Å². The Kier molecular flexibility index (Phi) is 4.49. The van der Waals surface area contributed by atoms with E-state index in [0.717, 1.165) is 29.7 Å². The first-order valence-corrected chi connectivity index (χ1v) is 8.83. The van der Waals surface area contributed by atoms with Crippen LogP contribution in [0.25, 0.3) is 11.3 Å². The van der Waals surface area contributed by atoms with Gasteiger partial charge in [0.25, 0.3) is 5.91 Å². The van der Waals surface area contributed by atoms with Gasteiger partial charge in [-0.15, -0.1) is 0 Å². The third-order valence-electron chi connectivity index (χ3n) is 4.34. The molecule has 0 fully saturated rings. The predicted octanol–water partition coefficient (Wildman–Crippen LogP) is 4.25. The number of hydrazone groups is 1. The number of aromatic nitrogens is 2. The lowest BCUT2D eigenvalue weighted by molar-refractivity contribution is 0.0949. The standard InChI is InChI=1S/C19H14Cl2N4O/c20-13-7-5-12(16(21)9-13)10-22-25-19(26)18-15-8-6-11-3-1-2-4-14(11)17(15)23-24-18/h1-5,7,9-10H,6,8H2,(H,23,24)(H,25,26)/b22-10-. The molecule has 0 saturated heterocycles. The summed E-state index contributed by atoms with van der Waals surface area (Å²) in [6.07, 6.45) is 3.12. The van der Waals surface area contributed by atoms with Gasteiger partial charge in [0.1, 0.15) is 5.69 Å². The highest BCUT2D eigenvalue weighted by atomic mass is 35.5. The average molecular weight is 385 g/mol. The normalized spacial score (nSPS) is 12.7. The van der Waals surface area contributed by atoms with Crippen LogP contribution in [0, 0.1) is 0 Å². The summed E-state index contributed by atoms with van der Waals surface area (Å²) in [6, 6.07) is 13.2. The van der Waals surface area contributed by atoms with Gasteiger partial charge in [0.2, 0.25) is 0 Å². The molecule has 4 rings (SSSR count). The summed E-state index contributed by atoms with van der Waals surface area (Å²) in [4.78, 5) is 12.5. The second-order valence-corrected chi connectivity index (χ2v) is 6.79. The van der Waals surface area contributed by atoms with Gasteiger partial charge in [0, 0.05) is 21.7 Å². The monoisotopic (exact) mass is 384 g/mol. The van der Waals surface area contributed by atoms with E-state index in [4.69, 9.17) is 23.2 Å². The second-order valence-electron chi connectivity index (χ2n) is 5.95. The smallest absolute Gasteiger partial charge is 0.272 e. The van der Waals surface area contributed by atoms with Crippen LogP contribution in [0.5, 0.6) is 0 Å². The Morgan fingerprint density at radius 3 is 2.88 bits per heavy atom. The minimum atomic E-state index is -0.334. The highest BCUT2D eigenvalue weighted by Gasteiger charge is 2.24. The summed E-state index contributed by atoms with van der Waals surface area (Å²) >= 11 is 11.9. The van der Waals surface area contributed by atoms with Crippen LogP contribution < -0.4 is 5.43 Å². The van der Waals surface area contributed by atoms with Crippen molar-refractivity contribution in [2.24, 2.45) is 5.10 Å². The van der Waals surface area contributed by atoms with Crippen molar-refractivity contribution in [1.82, 2.24) is 15.6 Å². The van der Waals surface area contributed by atoms with E-state index in [1.807, 2.05) is 18.2 Å². The number of aromatic amines is 1. The summed E-state index contributed by atoms with van der Waals surface area (Å²) in [5.41, 5.74) is 7.69. The van der Waals surface area contributed by atoms with E-state index in [-0.39, 0.29) is 5.91 Å². The van der Waals surface area contributed by atoms with E-state index in [1.54, 1.807) is 18.2 Å². The van der Waals surface area contributed by atoms with Gasteiger partial charge in [-0.25, -0.2) is 5.43 Å². The molecule has 1 heterocycles. The minimum Gasteiger partial charge on any atom is -0.272 e. The highest BCUT2D eigenvalue weighted by Crippen LogP contribution is 2.33. The molecule has 1 aromatic heterocycles. The molecule has 3 aromatic rings. The fourth-order valence-corrected chi connectivity index (χ4v) is 3.53. The zero-order valence-electron chi connectivity index (χ0n) is 13.6. The second kappa shape index (κ2) is 6.94. The van der Waals surface area contributed by atoms with Crippen molar-refractivity contribution >= 4 is 35.3 Å². The van der Waals surface area contributed by atoms with Crippen molar-refractivity contribution in [3.05, 3.63) is 74.9 Å². The van der Waals surface area contributed by atoms with Gasteiger partial charge in [0.15, 0.2) is 0 Å². The van der Waals surface area contributed by atoms with Crippen molar-refractivity contribution < 1.29 is 4.79 Å². The van der Waals surface area contributed by atoms with Crippen LogP contribution in [0.15, 0.2) is 47.6 Å². The zero-order chi connectivity index (χ0) is 18.1. The van der Waals surface area contributed by atoms with Crippen LogP contribution >= 0.6 is 23.2 Å². The van der Waals surface area contributed by atoms with Crippen molar-refractivity contribution in [3.8, 4) is 11.3 Å². The molecule has 5 nitrogen and oxygen atoms in total. The molecule has 1 amide bonds. The molecule has 1 aliphatic carbocycles. The number of fused-ring (bicyclic) bond motifs is 3. The number of nitrogens with zero attached hydrogens (tertiary/aromatic N) is 2. The first-order chi connectivity index (χ1) is 12.6. The van der Waals surface area contributed by atoms with Crippen LogP contribution in [-0.4, -0.2) is 22.3 Å². The maximum absolute atomic E-state index is 12.5. The number of H-pyrrole nitrogens is 1. The summed E-state index contributed by atoms with van der Waals surface area (Å²) in [5.74, 6) is -0.334. The number of amides is 1. The lowest BCUT2D eigenvalue weighted by Gasteiger charge is -2.15. The third kappa shape index (κ3) is 3.11. The number of halogens is 2. The number of hydrogen-bond donors (Lipinski definition) is 2. The largest absolute Gasteiger partial charge is 0.289 e. The van der Waals surface area contributed by atoms with Crippen LogP contribution in [0.4, 0.5) is 0 Å². The lowest BCUT2D eigenvalue weighted by atomic mass is 9.89. The molecule has 0 saturated carbocycles. The Hall–Kier alpha value is -2.63. The van der Waals surface area contributed by atoms with E-state index < -0.39 is 0 Å². The molecular weight excluding hydrogens is 371 g/mol. The number of nitrogens with one attached hydrogen (secondary N) is 2. The fourth-order valence-electron chi connectivity index (χ4n) is 3.07. The summed E-state index contributed by atoms with van der Waals surface area (Å²) in [6.45, 7) is 0. The third-order valence-corrected chi connectivity index (χ3v) is 4.91. The first-order valence-electron chi connectivity index (χ1n) is 8.07. The Balaban J connectivity index is 1.54. The Bertz CT molecular complexity index is 1030. The van der Waals surface area contributed by atoms with Crippen LogP contribution in [0.1, 0.15) is 27.2 Å². The molecule has 26 heavy (non-hydrogen) atoms. The lowest BCUT2D eigenvalue weighted by Crippen LogP contribution is -2.20. The minimum absolute atomic E-state index is 0.334. The molecule has 2 aromatic carbocycles. The van der Waals surface area contributed by atoms with Crippen molar-refractivity contribution in [2.45, 2.75) is 12.8 Å². The summed E-state index contributed by atoms with van der Waals surface area (Å²) in [7, 11) is 0. The molecule has 0 atom stereocenters. The van der Waals surface area contributed by atoms with Crippen LogP contribution in [0.2, 0.25) is 10.0 Å².